The van der Waals surface area contributed by atoms with Crippen molar-refractivity contribution in [3.05, 3.63) is 52.6 Å². The Hall–Kier alpha value is -1.68. The van der Waals surface area contributed by atoms with Crippen LogP contribution in [0.1, 0.15) is 28.9 Å². The Labute approximate surface area is 111 Å². The Balaban J connectivity index is 1.96. The quantitative estimate of drug-likeness (QED) is 0.899. The van der Waals surface area contributed by atoms with Gasteiger partial charge in [0.2, 0.25) is 0 Å². The van der Waals surface area contributed by atoms with Crippen molar-refractivity contribution in [1.29, 1.82) is 0 Å². The van der Waals surface area contributed by atoms with E-state index in [9.17, 15) is 9.50 Å². The third kappa shape index (κ3) is 2.06. The minimum atomic E-state index is -0.900. The molecule has 1 aliphatic carbocycles. The van der Waals surface area contributed by atoms with Gasteiger partial charge in [-0.2, -0.15) is 5.10 Å². The first kappa shape index (κ1) is 12.4. The van der Waals surface area contributed by atoms with Gasteiger partial charge in [0.15, 0.2) is 0 Å². The Morgan fingerprint density at radius 1 is 1.42 bits per heavy atom. The number of halogens is 1. The molecule has 0 saturated carbocycles. The highest BCUT2D eigenvalue weighted by Gasteiger charge is 2.37. The zero-order chi connectivity index (χ0) is 13.6. The zero-order valence-electron chi connectivity index (χ0n) is 11.2. The maximum absolute atomic E-state index is 13.2. The SMILES string of the molecule is Cc1cc(CC2(O)CCc3cc(F)ccc32)n(C)n1. The molecule has 1 atom stereocenters. The maximum atomic E-state index is 13.2. The molecular formula is C15H17FN2O. The third-order valence-electron chi connectivity index (χ3n) is 3.95. The summed E-state index contributed by atoms with van der Waals surface area (Å²) >= 11 is 0. The van der Waals surface area contributed by atoms with E-state index in [1.165, 1.54) is 12.1 Å². The number of aromatic nitrogens is 2. The van der Waals surface area contributed by atoms with E-state index in [-0.39, 0.29) is 5.82 Å². The van der Waals surface area contributed by atoms with E-state index in [0.29, 0.717) is 12.8 Å². The third-order valence-corrected chi connectivity index (χ3v) is 3.95. The first-order valence-corrected chi connectivity index (χ1v) is 6.49. The van der Waals surface area contributed by atoms with E-state index in [0.717, 1.165) is 28.9 Å². The highest BCUT2D eigenvalue weighted by atomic mass is 19.1. The van der Waals surface area contributed by atoms with Gasteiger partial charge in [-0.05, 0) is 49.1 Å². The lowest BCUT2D eigenvalue weighted by Crippen LogP contribution is -2.26. The van der Waals surface area contributed by atoms with Crippen molar-refractivity contribution < 1.29 is 9.50 Å². The number of benzene rings is 1. The van der Waals surface area contributed by atoms with E-state index in [4.69, 9.17) is 0 Å². The van der Waals surface area contributed by atoms with Gasteiger partial charge in [-0.15, -0.1) is 0 Å². The summed E-state index contributed by atoms with van der Waals surface area (Å²) in [7, 11) is 1.88. The van der Waals surface area contributed by atoms with Gasteiger partial charge >= 0.3 is 0 Å². The van der Waals surface area contributed by atoms with E-state index in [2.05, 4.69) is 5.10 Å². The summed E-state index contributed by atoms with van der Waals surface area (Å²) in [5, 5.41) is 15.2. The van der Waals surface area contributed by atoms with Gasteiger partial charge in [0.25, 0.3) is 0 Å². The number of hydrogen-bond acceptors (Lipinski definition) is 2. The van der Waals surface area contributed by atoms with Crippen LogP contribution in [-0.4, -0.2) is 14.9 Å². The molecular weight excluding hydrogens is 243 g/mol. The maximum Gasteiger partial charge on any atom is 0.123 e. The summed E-state index contributed by atoms with van der Waals surface area (Å²) in [6.07, 6.45) is 1.87. The summed E-state index contributed by atoms with van der Waals surface area (Å²) in [5.74, 6) is -0.237. The Kier molecular flexibility index (Phi) is 2.71. The van der Waals surface area contributed by atoms with Gasteiger partial charge < -0.3 is 5.11 Å². The molecule has 1 N–H and O–H groups in total. The normalized spacial score (nSPS) is 21.7. The van der Waals surface area contributed by atoms with Crippen LogP contribution >= 0.6 is 0 Å². The molecule has 1 aliphatic rings. The standard InChI is InChI=1S/C15H17FN2O/c1-10-7-13(18(2)17-10)9-15(19)6-5-11-8-12(16)3-4-14(11)15/h3-4,7-8,19H,5-6,9H2,1-2H3. The minimum absolute atomic E-state index is 0.237. The molecule has 4 heteroatoms. The fourth-order valence-corrected chi connectivity index (χ4v) is 3.01. The summed E-state index contributed by atoms with van der Waals surface area (Å²) < 4.78 is 15.0. The number of nitrogens with zero attached hydrogens (tertiary/aromatic N) is 2. The average Bonchev–Trinajstić information content (AvgIpc) is 2.81. The number of rotatable bonds is 2. The molecule has 0 bridgehead atoms. The molecule has 1 unspecified atom stereocenters. The van der Waals surface area contributed by atoms with Crippen LogP contribution in [0.25, 0.3) is 0 Å². The Bertz CT molecular complexity index is 635. The van der Waals surface area contributed by atoms with E-state index in [1.54, 1.807) is 10.7 Å². The predicted molar refractivity (Wildman–Crippen MR) is 70.3 cm³/mol. The lowest BCUT2D eigenvalue weighted by Gasteiger charge is -2.24. The van der Waals surface area contributed by atoms with E-state index in [1.807, 2.05) is 20.0 Å². The zero-order valence-corrected chi connectivity index (χ0v) is 11.2. The molecule has 1 aromatic heterocycles. The molecule has 0 fully saturated rings. The second-order valence-electron chi connectivity index (χ2n) is 5.41. The molecule has 0 spiro atoms. The van der Waals surface area contributed by atoms with Crippen molar-refractivity contribution in [1.82, 2.24) is 9.78 Å². The van der Waals surface area contributed by atoms with Gasteiger partial charge in [0.05, 0.1) is 11.3 Å². The van der Waals surface area contributed by atoms with Crippen molar-refractivity contribution in [3.63, 3.8) is 0 Å². The first-order valence-electron chi connectivity index (χ1n) is 6.49. The van der Waals surface area contributed by atoms with Crippen molar-refractivity contribution in [3.8, 4) is 0 Å². The minimum Gasteiger partial charge on any atom is -0.385 e. The Morgan fingerprint density at radius 2 is 2.21 bits per heavy atom. The van der Waals surface area contributed by atoms with Gasteiger partial charge in [-0.1, -0.05) is 6.07 Å². The van der Waals surface area contributed by atoms with Crippen LogP contribution in [-0.2, 0) is 25.5 Å². The molecule has 0 radical (unpaired) electrons. The molecule has 2 aromatic rings. The average molecular weight is 260 g/mol. The summed E-state index contributed by atoms with van der Waals surface area (Å²) in [5.41, 5.74) is 2.81. The molecule has 0 aliphatic heterocycles. The second kappa shape index (κ2) is 4.17. The fraction of sp³-hybridized carbons (Fsp3) is 0.400. The number of aryl methyl sites for hydroxylation is 3. The first-order chi connectivity index (χ1) is 8.98. The van der Waals surface area contributed by atoms with Gasteiger partial charge in [0, 0.05) is 19.2 Å². The summed E-state index contributed by atoms with van der Waals surface area (Å²) in [6.45, 7) is 1.94. The highest BCUT2D eigenvalue weighted by Crippen LogP contribution is 2.39. The topological polar surface area (TPSA) is 38.0 Å². The molecule has 0 amide bonds. The predicted octanol–water partition coefficient (Wildman–Crippen LogP) is 2.24. The lowest BCUT2D eigenvalue weighted by molar-refractivity contribution is 0.0370. The van der Waals surface area contributed by atoms with Crippen molar-refractivity contribution in [2.24, 2.45) is 7.05 Å². The van der Waals surface area contributed by atoms with E-state index < -0.39 is 5.60 Å². The van der Waals surface area contributed by atoms with Crippen LogP contribution in [0.2, 0.25) is 0 Å². The van der Waals surface area contributed by atoms with Crippen LogP contribution in [0, 0.1) is 12.7 Å². The largest absolute Gasteiger partial charge is 0.385 e. The molecule has 100 valence electrons. The van der Waals surface area contributed by atoms with Gasteiger partial charge in [-0.3, -0.25) is 4.68 Å². The van der Waals surface area contributed by atoms with Gasteiger partial charge in [0.1, 0.15) is 5.82 Å². The highest BCUT2D eigenvalue weighted by molar-refractivity contribution is 5.38. The van der Waals surface area contributed by atoms with E-state index >= 15 is 0 Å². The summed E-state index contributed by atoms with van der Waals surface area (Å²) in [6, 6.07) is 6.64. The summed E-state index contributed by atoms with van der Waals surface area (Å²) in [4.78, 5) is 0. The molecule has 1 heterocycles. The van der Waals surface area contributed by atoms with Gasteiger partial charge in [-0.25, -0.2) is 4.39 Å². The van der Waals surface area contributed by atoms with Crippen molar-refractivity contribution in [2.75, 3.05) is 0 Å². The van der Waals surface area contributed by atoms with Crippen LogP contribution < -0.4 is 0 Å². The molecule has 3 rings (SSSR count). The number of aliphatic hydroxyl groups is 1. The van der Waals surface area contributed by atoms with Crippen molar-refractivity contribution >= 4 is 0 Å². The monoisotopic (exact) mass is 260 g/mol. The molecule has 19 heavy (non-hydrogen) atoms. The fourth-order valence-electron chi connectivity index (χ4n) is 3.01. The van der Waals surface area contributed by atoms with Crippen LogP contribution in [0.3, 0.4) is 0 Å². The molecule has 0 saturated heterocycles. The van der Waals surface area contributed by atoms with Crippen LogP contribution in [0.15, 0.2) is 24.3 Å². The smallest absolute Gasteiger partial charge is 0.123 e. The second-order valence-corrected chi connectivity index (χ2v) is 5.41. The van der Waals surface area contributed by atoms with Crippen molar-refractivity contribution in [2.45, 2.75) is 31.8 Å². The van der Waals surface area contributed by atoms with Crippen LogP contribution in [0.4, 0.5) is 4.39 Å². The Morgan fingerprint density at radius 3 is 2.89 bits per heavy atom. The van der Waals surface area contributed by atoms with Crippen LogP contribution in [0.5, 0.6) is 0 Å². The number of fused-ring (bicyclic) bond motifs is 1. The lowest BCUT2D eigenvalue weighted by atomic mass is 9.90. The molecule has 3 nitrogen and oxygen atoms in total. The number of hydrogen-bond donors (Lipinski definition) is 1. The molecule has 1 aromatic carbocycles.